The molecule has 0 aliphatic carbocycles. The molecule has 0 bridgehead atoms. The van der Waals surface area contributed by atoms with E-state index in [0.717, 1.165) is 0 Å². The van der Waals surface area contributed by atoms with Gasteiger partial charge in [0.15, 0.2) is 5.82 Å². The van der Waals surface area contributed by atoms with Crippen molar-refractivity contribution in [2.45, 2.75) is 31.3 Å². The Labute approximate surface area is 123 Å². The summed E-state index contributed by atoms with van der Waals surface area (Å²) < 4.78 is 32.1. The lowest BCUT2D eigenvalue weighted by molar-refractivity contribution is -0.00515. The van der Waals surface area contributed by atoms with Crippen molar-refractivity contribution < 1.29 is 13.2 Å². The largest absolute Gasteiger partial charge is 0.375 e. The number of nitrogens with two attached hydrogens (primary N) is 1. The molecule has 0 saturated carbocycles. The summed E-state index contributed by atoms with van der Waals surface area (Å²) in [5.41, 5.74) is 1.67. The molecule has 7 nitrogen and oxygen atoms in total. The van der Waals surface area contributed by atoms with Crippen LogP contribution in [0.15, 0.2) is 17.2 Å². The van der Waals surface area contributed by atoms with Gasteiger partial charge in [0.05, 0.1) is 10.6 Å². The third-order valence-corrected chi connectivity index (χ3v) is 4.14. The number of rotatable bonds is 7. The number of hydrogen-bond acceptors (Lipinski definition) is 6. The molecule has 0 atom stereocenters. The maximum Gasteiger partial charge on any atom is 0.242 e. The molecule has 20 heavy (non-hydrogen) atoms. The van der Waals surface area contributed by atoms with Gasteiger partial charge in [0, 0.05) is 19.3 Å². The van der Waals surface area contributed by atoms with Gasteiger partial charge in [-0.25, -0.2) is 24.0 Å². The van der Waals surface area contributed by atoms with Crippen molar-refractivity contribution in [3.05, 3.63) is 17.3 Å². The molecule has 0 fully saturated rings. The molecular formula is C11H19ClN4O3S. The van der Waals surface area contributed by atoms with Crippen LogP contribution in [0.25, 0.3) is 0 Å². The molecule has 1 heterocycles. The van der Waals surface area contributed by atoms with Gasteiger partial charge in [-0.1, -0.05) is 11.6 Å². The second-order valence-electron chi connectivity index (χ2n) is 4.66. The Morgan fingerprint density at radius 3 is 2.65 bits per heavy atom. The average Bonchev–Trinajstić information content (AvgIpc) is 2.36. The first-order chi connectivity index (χ1) is 9.22. The highest BCUT2D eigenvalue weighted by Gasteiger charge is 2.23. The van der Waals surface area contributed by atoms with Gasteiger partial charge in [0.2, 0.25) is 10.0 Å². The van der Waals surface area contributed by atoms with Crippen LogP contribution >= 0.6 is 11.6 Å². The summed E-state index contributed by atoms with van der Waals surface area (Å²) in [5.74, 6) is 5.39. The second-order valence-corrected chi connectivity index (χ2v) is 6.84. The smallest absolute Gasteiger partial charge is 0.242 e. The predicted octanol–water partition coefficient (Wildman–Crippen LogP) is 1.11. The van der Waals surface area contributed by atoms with Crippen molar-refractivity contribution in [1.82, 2.24) is 9.71 Å². The van der Waals surface area contributed by atoms with E-state index in [2.05, 4.69) is 15.1 Å². The van der Waals surface area contributed by atoms with Crippen LogP contribution in [0.3, 0.4) is 0 Å². The van der Waals surface area contributed by atoms with E-state index in [1.165, 1.54) is 12.3 Å². The van der Waals surface area contributed by atoms with Crippen LogP contribution in [-0.4, -0.2) is 32.2 Å². The molecule has 0 unspecified atom stereocenters. The topological polar surface area (TPSA) is 106 Å². The van der Waals surface area contributed by atoms with Gasteiger partial charge >= 0.3 is 0 Å². The van der Waals surface area contributed by atoms with Crippen LogP contribution in [0.2, 0.25) is 5.02 Å². The quantitative estimate of drug-likeness (QED) is 0.513. The lowest BCUT2D eigenvalue weighted by atomic mass is 10.1. The molecule has 1 aromatic rings. The third-order valence-electron chi connectivity index (χ3n) is 2.49. The number of anilines is 1. The van der Waals surface area contributed by atoms with E-state index in [1.807, 2.05) is 6.92 Å². The van der Waals surface area contributed by atoms with Gasteiger partial charge in [-0.3, -0.25) is 0 Å². The first-order valence-corrected chi connectivity index (χ1v) is 7.84. The minimum absolute atomic E-state index is 0.0335. The zero-order valence-electron chi connectivity index (χ0n) is 11.6. The van der Waals surface area contributed by atoms with Crippen molar-refractivity contribution in [3.63, 3.8) is 0 Å². The molecule has 114 valence electrons. The Kier molecular flexibility index (Phi) is 5.72. The van der Waals surface area contributed by atoms with Gasteiger partial charge in [-0.15, -0.1) is 0 Å². The highest BCUT2D eigenvalue weighted by atomic mass is 35.5. The summed E-state index contributed by atoms with van der Waals surface area (Å²) in [6.45, 7) is 6.08. The van der Waals surface area contributed by atoms with E-state index >= 15 is 0 Å². The van der Waals surface area contributed by atoms with Gasteiger partial charge < -0.3 is 10.2 Å². The molecule has 9 heteroatoms. The summed E-state index contributed by atoms with van der Waals surface area (Å²) in [7, 11) is -3.70. The maximum absolute atomic E-state index is 12.1. The lowest BCUT2D eigenvalue weighted by Crippen LogP contribution is -2.40. The number of halogens is 1. The number of nitrogens with zero attached hydrogens (tertiary/aromatic N) is 1. The number of hydrogen-bond donors (Lipinski definition) is 3. The highest BCUT2D eigenvalue weighted by molar-refractivity contribution is 7.89. The number of aromatic nitrogens is 1. The zero-order chi connectivity index (χ0) is 15.4. The van der Waals surface area contributed by atoms with Crippen LogP contribution < -0.4 is 16.0 Å². The van der Waals surface area contributed by atoms with Crippen LogP contribution in [0.5, 0.6) is 0 Å². The van der Waals surface area contributed by atoms with Crippen LogP contribution in [-0.2, 0) is 14.8 Å². The summed E-state index contributed by atoms with van der Waals surface area (Å²) >= 11 is 5.85. The number of nitrogen functional groups attached to an aromatic ring is 1. The van der Waals surface area contributed by atoms with Gasteiger partial charge in [-0.2, -0.15) is 0 Å². The second kappa shape index (κ2) is 6.68. The van der Waals surface area contributed by atoms with Crippen LogP contribution in [0.4, 0.5) is 5.82 Å². The monoisotopic (exact) mass is 322 g/mol. The molecule has 1 rings (SSSR count). The summed E-state index contributed by atoms with van der Waals surface area (Å²) in [6, 6.07) is 1.28. The first-order valence-electron chi connectivity index (χ1n) is 5.97. The summed E-state index contributed by atoms with van der Waals surface area (Å²) in [5, 5.41) is 0.124. The molecule has 0 aliphatic rings. The van der Waals surface area contributed by atoms with Gasteiger partial charge in [0.25, 0.3) is 0 Å². The summed E-state index contributed by atoms with van der Waals surface area (Å²) in [4.78, 5) is 3.79. The number of sulfonamides is 1. The Morgan fingerprint density at radius 1 is 1.50 bits per heavy atom. The fourth-order valence-corrected chi connectivity index (χ4v) is 2.92. The van der Waals surface area contributed by atoms with Crippen molar-refractivity contribution in [1.29, 1.82) is 0 Å². The molecule has 0 spiro atoms. The first kappa shape index (κ1) is 17.1. The molecule has 0 amide bonds. The molecule has 0 aliphatic heterocycles. The maximum atomic E-state index is 12.1. The molecular weight excluding hydrogens is 304 g/mol. The molecule has 0 saturated heterocycles. The molecule has 4 N–H and O–H groups in total. The minimum atomic E-state index is -3.70. The van der Waals surface area contributed by atoms with Crippen molar-refractivity contribution in [2.24, 2.45) is 5.84 Å². The molecule has 0 aromatic carbocycles. The normalized spacial score (nSPS) is 12.4. The Balaban J connectivity index is 2.87. The lowest BCUT2D eigenvalue weighted by Gasteiger charge is -2.24. The van der Waals surface area contributed by atoms with E-state index in [1.54, 1.807) is 13.8 Å². The SMILES string of the molecule is CCOC(C)(C)CNS(=O)(=O)c1cnc(NN)c(Cl)c1. The van der Waals surface area contributed by atoms with Crippen molar-refractivity contribution in [3.8, 4) is 0 Å². The van der Waals surface area contributed by atoms with Gasteiger partial charge in [0.1, 0.15) is 4.90 Å². The van der Waals surface area contributed by atoms with Crippen LogP contribution in [0, 0.1) is 0 Å². The number of pyridine rings is 1. The fraction of sp³-hybridized carbons (Fsp3) is 0.545. The molecule has 1 aromatic heterocycles. The zero-order valence-corrected chi connectivity index (χ0v) is 13.2. The van der Waals surface area contributed by atoms with Gasteiger partial charge in [-0.05, 0) is 26.8 Å². The fourth-order valence-electron chi connectivity index (χ4n) is 1.47. The minimum Gasteiger partial charge on any atom is -0.375 e. The van der Waals surface area contributed by atoms with E-state index in [9.17, 15) is 8.42 Å². The standard InChI is InChI=1S/C11H19ClN4O3S/c1-4-19-11(2,3)7-15-20(17,18)8-5-9(12)10(16-13)14-6-8/h5-6,15H,4,7,13H2,1-3H3,(H,14,16). The Hall–Kier alpha value is -0.930. The molecule has 0 radical (unpaired) electrons. The number of nitrogens with one attached hydrogen (secondary N) is 2. The third kappa shape index (κ3) is 4.57. The van der Waals surface area contributed by atoms with E-state index < -0.39 is 15.6 Å². The van der Waals surface area contributed by atoms with E-state index in [4.69, 9.17) is 22.2 Å². The summed E-state index contributed by atoms with van der Waals surface area (Å²) in [6.07, 6.45) is 1.18. The number of ether oxygens (including phenoxy) is 1. The highest BCUT2D eigenvalue weighted by Crippen LogP contribution is 2.21. The van der Waals surface area contributed by atoms with Crippen molar-refractivity contribution >= 4 is 27.4 Å². The van der Waals surface area contributed by atoms with E-state index in [0.29, 0.717) is 6.61 Å². The Morgan fingerprint density at radius 2 is 2.15 bits per heavy atom. The Bertz CT molecular complexity index is 563. The predicted molar refractivity (Wildman–Crippen MR) is 78.0 cm³/mol. The number of hydrazine groups is 1. The van der Waals surface area contributed by atoms with Crippen LogP contribution in [0.1, 0.15) is 20.8 Å². The van der Waals surface area contributed by atoms with Crippen molar-refractivity contribution in [2.75, 3.05) is 18.6 Å². The average molecular weight is 323 g/mol. The van der Waals surface area contributed by atoms with E-state index in [-0.39, 0.29) is 22.3 Å².